The maximum atomic E-state index is 12.4. The minimum Gasteiger partial charge on any atom is -0.484 e. The van der Waals surface area contributed by atoms with Crippen molar-refractivity contribution in [2.45, 2.75) is 19.4 Å². The molecule has 0 saturated carbocycles. The van der Waals surface area contributed by atoms with Crippen molar-refractivity contribution in [3.63, 3.8) is 0 Å². The first-order valence-electron chi connectivity index (χ1n) is 10.6. The highest BCUT2D eigenvalue weighted by Gasteiger charge is 2.21. The van der Waals surface area contributed by atoms with E-state index in [1.165, 1.54) is 0 Å². The summed E-state index contributed by atoms with van der Waals surface area (Å²) in [5, 5.41) is 7.16. The molecule has 8 heteroatoms. The summed E-state index contributed by atoms with van der Waals surface area (Å²) in [5.74, 6) is 1.06. The van der Waals surface area contributed by atoms with E-state index in [0.29, 0.717) is 24.5 Å². The second-order valence-electron chi connectivity index (χ2n) is 7.91. The molecule has 8 nitrogen and oxygen atoms in total. The van der Waals surface area contributed by atoms with Gasteiger partial charge in [-0.2, -0.15) is 5.10 Å². The molecule has 0 spiro atoms. The standard InChI is InChI=1S/C24H27N5O3/c1-27(2)19-7-5-18(6-8-19)16-29-22(13-14-25-29)26-23(30)17-32-21-11-9-20(10-12-21)28-15-3-4-24(28)31/h5-14H,3-4,15-17H2,1-2H3,(H,26,30). The molecular weight excluding hydrogens is 406 g/mol. The predicted octanol–water partition coefficient (Wildman–Crippen LogP) is 3.14. The minimum absolute atomic E-state index is 0.120. The number of amides is 2. The molecule has 2 amide bonds. The molecule has 1 fully saturated rings. The summed E-state index contributed by atoms with van der Waals surface area (Å²) in [6, 6.07) is 17.2. The molecule has 32 heavy (non-hydrogen) atoms. The Bertz CT molecular complexity index is 1070. The molecule has 2 heterocycles. The summed E-state index contributed by atoms with van der Waals surface area (Å²) in [4.78, 5) is 28.0. The van der Waals surface area contributed by atoms with Gasteiger partial charge in [0.25, 0.3) is 5.91 Å². The number of aromatic nitrogens is 2. The first-order valence-corrected chi connectivity index (χ1v) is 10.6. The number of nitrogens with one attached hydrogen (secondary N) is 1. The van der Waals surface area contributed by atoms with Crippen molar-refractivity contribution in [1.29, 1.82) is 0 Å². The van der Waals surface area contributed by atoms with Gasteiger partial charge in [-0.25, -0.2) is 4.68 Å². The molecule has 0 bridgehead atoms. The van der Waals surface area contributed by atoms with Crippen molar-refractivity contribution in [2.75, 3.05) is 42.4 Å². The van der Waals surface area contributed by atoms with Crippen LogP contribution in [0.4, 0.5) is 17.2 Å². The van der Waals surface area contributed by atoms with E-state index in [9.17, 15) is 9.59 Å². The van der Waals surface area contributed by atoms with Gasteiger partial charge in [-0.15, -0.1) is 0 Å². The Kier molecular flexibility index (Phi) is 6.39. The van der Waals surface area contributed by atoms with Crippen molar-refractivity contribution in [3.05, 3.63) is 66.4 Å². The van der Waals surface area contributed by atoms with Crippen LogP contribution in [0.25, 0.3) is 0 Å². The number of rotatable bonds is 8. The van der Waals surface area contributed by atoms with Gasteiger partial charge in [0.1, 0.15) is 11.6 Å². The van der Waals surface area contributed by atoms with Crippen LogP contribution in [0.5, 0.6) is 5.75 Å². The van der Waals surface area contributed by atoms with Crippen molar-refractivity contribution < 1.29 is 14.3 Å². The second kappa shape index (κ2) is 9.55. The first-order chi connectivity index (χ1) is 15.5. The van der Waals surface area contributed by atoms with Gasteiger partial charge in [0.2, 0.25) is 5.91 Å². The van der Waals surface area contributed by atoms with Gasteiger partial charge >= 0.3 is 0 Å². The highest BCUT2D eigenvalue weighted by Crippen LogP contribution is 2.24. The number of hydrogen-bond acceptors (Lipinski definition) is 5. The van der Waals surface area contributed by atoms with E-state index in [0.717, 1.165) is 29.9 Å². The maximum absolute atomic E-state index is 12.4. The molecule has 166 valence electrons. The number of hydrogen-bond donors (Lipinski definition) is 1. The van der Waals surface area contributed by atoms with Crippen molar-refractivity contribution in [3.8, 4) is 5.75 Å². The van der Waals surface area contributed by atoms with Crippen LogP contribution in [0.15, 0.2) is 60.8 Å². The Morgan fingerprint density at radius 1 is 1.09 bits per heavy atom. The van der Waals surface area contributed by atoms with Crippen LogP contribution in [0.3, 0.4) is 0 Å². The largest absolute Gasteiger partial charge is 0.484 e. The third-order valence-electron chi connectivity index (χ3n) is 5.36. The molecule has 3 aromatic rings. The summed E-state index contributed by atoms with van der Waals surface area (Å²) in [6.45, 7) is 1.17. The zero-order chi connectivity index (χ0) is 22.5. The Morgan fingerprint density at radius 3 is 2.50 bits per heavy atom. The average Bonchev–Trinajstić information content (AvgIpc) is 3.42. The summed E-state index contributed by atoms with van der Waals surface area (Å²) < 4.78 is 7.35. The van der Waals surface area contributed by atoms with Gasteiger partial charge in [-0.3, -0.25) is 9.59 Å². The molecule has 1 N–H and O–H groups in total. The maximum Gasteiger partial charge on any atom is 0.263 e. The van der Waals surface area contributed by atoms with E-state index in [2.05, 4.69) is 22.5 Å². The van der Waals surface area contributed by atoms with Crippen LogP contribution in [-0.4, -0.2) is 48.8 Å². The number of ether oxygens (including phenoxy) is 1. The quantitative estimate of drug-likeness (QED) is 0.590. The van der Waals surface area contributed by atoms with E-state index in [-0.39, 0.29) is 18.4 Å². The van der Waals surface area contributed by atoms with Crippen molar-refractivity contribution in [2.24, 2.45) is 0 Å². The van der Waals surface area contributed by atoms with E-state index >= 15 is 0 Å². The number of nitrogens with zero attached hydrogens (tertiary/aromatic N) is 4. The van der Waals surface area contributed by atoms with Gasteiger partial charge in [-0.05, 0) is 48.4 Å². The third kappa shape index (κ3) is 5.08. The summed E-state index contributed by atoms with van der Waals surface area (Å²) in [7, 11) is 4.00. The number of anilines is 3. The lowest BCUT2D eigenvalue weighted by molar-refractivity contribution is -0.118. The molecule has 0 atom stereocenters. The molecule has 1 saturated heterocycles. The van der Waals surface area contributed by atoms with Crippen molar-refractivity contribution in [1.82, 2.24) is 9.78 Å². The lowest BCUT2D eigenvalue weighted by Crippen LogP contribution is -2.23. The average molecular weight is 434 g/mol. The van der Waals surface area contributed by atoms with Crippen molar-refractivity contribution >= 4 is 29.0 Å². The monoisotopic (exact) mass is 433 g/mol. The smallest absolute Gasteiger partial charge is 0.263 e. The van der Waals surface area contributed by atoms with E-state index in [1.54, 1.807) is 34.0 Å². The third-order valence-corrected chi connectivity index (χ3v) is 5.36. The number of benzene rings is 2. The zero-order valence-corrected chi connectivity index (χ0v) is 18.3. The Morgan fingerprint density at radius 2 is 1.84 bits per heavy atom. The summed E-state index contributed by atoms with van der Waals surface area (Å²) in [5.41, 5.74) is 3.06. The van der Waals surface area contributed by atoms with Crippen LogP contribution < -0.4 is 19.9 Å². The van der Waals surface area contributed by atoms with Gasteiger partial charge < -0.3 is 19.9 Å². The fourth-order valence-corrected chi connectivity index (χ4v) is 3.61. The van der Waals surface area contributed by atoms with Gasteiger partial charge in [-0.1, -0.05) is 12.1 Å². The fourth-order valence-electron chi connectivity index (χ4n) is 3.61. The van der Waals surface area contributed by atoms with Crippen LogP contribution in [0.2, 0.25) is 0 Å². The predicted molar refractivity (Wildman–Crippen MR) is 124 cm³/mol. The normalized spacial score (nSPS) is 13.3. The lowest BCUT2D eigenvalue weighted by atomic mass is 10.2. The van der Waals surface area contributed by atoms with Crippen LogP contribution in [0.1, 0.15) is 18.4 Å². The highest BCUT2D eigenvalue weighted by molar-refractivity contribution is 5.95. The molecule has 0 unspecified atom stereocenters. The molecular formula is C24H27N5O3. The van der Waals surface area contributed by atoms with Gasteiger partial charge in [0, 0.05) is 44.5 Å². The SMILES string of the molecule is CN(C)c1ccc(Cn2nccc2NC(=O)COc2ccc(N3CCCC3=O)cc2)cc1. The highest BCUT2D eigenvalue weighted by atomic mass is 16.5. The molecule has 0 radical (unpaired) electrons. The molecule has 2 aromatic carbocycles. The first kappa shape index (κ1) is 21.4. The topological polar surface area (TPSA) is 79.7 Å². The fraction of sp³-hybridized carbons (Fsp3) is 0.292. The molecule has 1 aliphatic rings. The lowest BCUT2D eigenvalue weighted by Gasteiger charge is -2.16. The summed E-state index contributed by atoms with van der Waals surface area (Å²) in [6.07, 6.45) is 3.13. The van der Waals surface area contributed by atoms with E-state index in [4.69, 9.17) is 4.74 Å². The van der Waals surface area contributed by atoms with Gasteiger partial charge in [0.05, 0.1) is 12.7 Å². The van der Waals surface area contributed by atoms with E-state index in [1.807, 2.05) is 43.3 Å². The van der Waals surface area contributed by atoms with Gasteiger partial charge in [0.15, 0.2) is 6.61 Å². The van der Waals surface area contributed by atoms with Crippen LogP contribution in [-0.2, 0) is 16.1 Å². The minimum atomic E-state index is -0.270. The molecule has 4 rings (SSSR count). The Hall–Kier alpha value is -3.81. The summed E-state index contributed by atoms with van der Waals surface area (Å²) >= 11 is 0. The van der Waals surface area contributed by atoms with Crippen LogP contribution >= 0.6 is 0 Å². The molecule has 1 aliphatic heterocycles. The second-order valence-corrected chi connectivity index (χ2v) is 7.91. The molecule has 1 aromatic heterocycles. The number of carbonyl (C=O) groups is 2. The Balaban J connectivity index is 1.30. The molecule has 0 aliphatic carbocycles. The zero-order valence-electron chi connectivity index (χ0n) is 18.3. The van der Waals surface area contributed by atoms with E-state index < -0.39 is 0 Å². The Labute approximate surface area is 187 Å². The van der Waals surface area contributed by atoms with Crippen LogP contribution in [0, 0.1) is 0 Å². The number of carbonyl (C=O) groups excluding carboxylic acids is 2.